The number of rotatable bonds is 11. The molecule has 1 aromatic carbocycles. The van der Waals surface area contributed by atoms with Gasteiger partial charge in [-0.15, -0.1) is 0 Å². The van der Waals surface area contributed by atoms with Crippen LogP contribution in [0.2, 0.25) is 5.02 Å². The Labute approximate surface area is 135 Å². The Hall–Kier alpha value is -0.730. The van der Waals surface area contributed by atoms with Crippen LogP contribution in [0.3, 0.4) is 0 Å². The maximum Gasteiger partial charge on any atom is 0.123 e. The van der Waals surface area contributed by atoms with Gasteiger partial charge >= 0.3 is 0 Å². The van der Waals surface area contributed by atoms with Crippen molar-refractivity contribution in [2.45, 2.75) is 64.8 Å². The highest BCUT2D eigenvalue weighted by Gasteiger charge is 2.15. The Bertz CT molecular complexity index is 395. The quantitative estimate of drug-likeness (QED) is 0.525. The minimum Gasteiger partial charge on any atom is -0.496 e. The Morgan fingerprint density at radius 2 is 1.86 bits per heavy atom. The zero-order chi connectivity index (χ0) is 15.5. The molecule has 0 radical (unpaired) electrons. The average Bonchev–Trinajstić information content (AvgIpc) is 2.50. The van der Waals surface area contributed by atoms with E-state index < -0.39 is 0 Å². The summed E-state index contributed by atoms with van der Waals surface area (Å²) >= 11 is 6.17. The first-order chi connectivity index (χ1) is 10.2. The molecule has 3 heteroatoms. The lowest BCUT2D eigenvalue weighted by Gasteiger charge is -2.21. The van der Waals surface area contributed by atoms with E-state index in [1.165, 1.54) is 37.7 Å². The molecule has 1 rings (SSSR count). The minimum absolute atomic E-state index is 0.334. The fraction of sp³-hybridized carbons (Fsp3) is 0.667. The monoisotopic (exact) mass is 311 g/mol. The number of hydrogen-bond donors (Lipinski definition) is 1. The predicted molar refractivity (Wildman–Crippen MR) is 92.4 cm³/mol. The first-order valence-corrected chi connectivity index (χ1v) is 8.67. The van der Waals surface area contributed by atoms with Crippen molar-refractivity contribution >= 4 is 11.6 Å². The van der Waals surface area contributed by atoms with E-state index in [4.69, 9.17) is 16.3 Å². The normalized spacial score (nSPS) is 12.4. The number of benzene rings is 1. The van der Waals surface area contributed by atoms with Crippen LogP contribution in [0.25, 0.3) is 0 Å². The molecular formula is C18H30ClNO. The van der Waals surface area contributed by atoms with Crippen molar-refractivity contribution in [1.29, 1.82) is 0 Å². The number of nitrogens with one attached hydrogen (secondary N) is 1. The fourth-order valence-corrected chi connectivity index (χ4v) is 2.80. The summed E-state index contributed by atoms with van der Waals surface area (Å²) in [5.41, 5.74) is 1.19. The van der Waals surface area contributed by atoms with E-state index in [0.29, 0.717) is 6.04 Å². The van der Waals surface area contributed by atoms with Gasteiger partial charge in [0, 0.05) is 16.6 Å². The molecule has 0 fully saturated rings. The van der Waals surface area contributed by atoms with Gasteiger partial charge < -0.3 is 10.1 Å². The van der Waals surface area contributed by atoms with Crippen molar-refractivity contribution in [1.82, 2.24) is 5.32 Å². The summed E-state index contributed by atoms with van der Waals surface area (Å²) in [6, 6.07) is 6.23. The van der Waals surface area contributed by atoms with Gasteiger partial charge in [-0.3, -0.25) is 0 Å². The third-order valence-corrected chi connectivity index (χ3v) is 4.04. The standard InChI is InChI=1S/C18H30ClNO/c1-4-6-7-8-9-10-17(20-13-5-2)16-14-15(19)11-12-18(16)21-3/h11-12,14,17,20H,4-10,13H2,1-3H3. The molecule has 1 atom stereocenters. The molecule has 0 saturated carbocycles. The number of halogens is 1. The van der Waals surface area contributed by atoms with E-state index in [9.17, 15) is 0 Å². The minimum atomic E-state index is 0.334. The summed E-state index contributed by atoms with van der Waals surface area (Å²) in [6.45, 7) is 5.47. The third kappa shape index (κ3) is 6.71. The van der Waals surface area contributed by atoms with Crippen LogP contribution in [0.4, 0.5) is 0 Å². The van der Waals surface area contributed by atoms with Crippen LogP contribution in [-0.4, -0.2) is 13.7 Å². The van der Waals surface area contributed by atoms with Crippen molar-refractivity contribution in [2.24, 2.45) is 0 Å². The van der Waals surface area contributed by atoms with Crippen molar-refractivity contribution in [3.05, 3.63) is 28.8 Å². The Kier molecular flexibility index (Phi) is 9.53. The molecule has 0 heterocycles. The van der Waals surface area contributed by atoms with E-state index in [2.05, 4.69) is 19.2 Å². The molecule has 0 aliphatic rings. The van der Waals surface area contributed by atoms with Gasteiger partial charge in [-0.05, 0) is 37.6 Å². The molecular weight excluding hydrogens is 282 g/mol. The Morgan fingerprint density at radius 3 is 2.52 bits per heavy atom. The lowest BCUT2D eigenvalue weighted by Crippen LogP contribution is -2.22. The molecule has 0 bridgehead atoms. The van der Waals surface area contributed by atoms with E-state index in [-0.39, 0.29) is 0 Å². The summed E-state index contributed by atoms with van der Waals surface area (Å²) in [5, 5.41) is 4.42. The topological polar surface area (TPSA) is 21.3 Å². The molecule has 2 nitrogen and oxygen atoms in total. The number of ether oxygens (including phenoxy) is 1. The van der Waals surface area contributed by atoms with Gasteiger partial charge in [-0.1, -0.05) is 57.6 Å². The van der Waals surface area contributed by atoms with Gasteiger partial charge in [0.15, 0.2) is 0 Å². The maximum atomic E-state index is 6.17. The predicted octanol–water partition coefficient (Wildman–Crippen LogP) is 5.75. The largest absolute Gasteiger partial charge is 0.496 e. The van der Waals surface area contributed by atoms with Crippen LogP contribution in [-0.2, 0) is 0 Å². The number of methoxy groups -OCH3 is 1. The molecule has 1 N–H and O–H groups in total. The van der Waals surface area contributed by atoms with Gasteiger partial charge in [0.1, 0.15) is 5.75 Å². The molecule has 0 saturated heterocycles. The summed E-state index contributed by atoms with van der Waals surface area (Å²) < 4.78 is 5.51. The number of hydrogen-bond acceptors (Lipinski definition) is 2. The molecule has 0 amide bonds. The van der Waals surface area contributed by atoms with E-state index in [1.807, 2.05) is 18.2 Å². The molecule has 0 spiro atoms. The van der Waals surface area contributed by atoms with Crippen molar-refractivity contribution in [3.8, 4) is 5.75 Å². The lowest BCUT2D eigenvalue weighted by atomic mass is 9.98. The molecule has 1 unspecified atom stereocenters. The van der Waals surface area contributed by atoms with Gasteiger partial charge in [-0.25, -0.2) is 0 Å². The van der Waals surface area contributed by atoms with Gasteiger partial charge in [0.25, 0.3) is 0 Å². The van der Waals surface area contributed by atoms with Crippen molar-refractivity contribution < 1.29 is 4.74 Å². The smallest absolute Gasteiger partial charge is 0.123 e. The average molecular weight is 312 g/mol. The summed E-state index contributed by atoms with van der Waals surface area (Å²) in [4.78, 5) is 0. The van der Waals surface area contributed by atoms with Crippen molar-refractivity contribution in [3.63, 3.8) is 0 Å². The highest BCUT2D eigenvalue weighted by molar-refractivity contribution is 6.30. The van der Waals surface area contributed by atoms with Crippen LogP contribution in [0.5, 0.6) is 5.75 Å². The summed E-state index contributed by atoms with van der Waals surface area (Å²) in [7, 11) is 1.73. The van der Waals surface area contributed by atoms with Gasteiger partial charge in [0.2, 0.25) is 0 Å². The second-order valence-corrected chi connectivity index (χ2v) is 6.03. The molecule has 21 heavy (non-hydrogen) atoms. The highest BCUT2D eigenvalue weighted by Crippen LogP contribution is 2.31. The first kappa shape index (κ1) is 18.3. The van der Waals surface area contributed by atoms with Crippen LogP contribution in [0, 0.1) is 0 Å². The molecule has 0 aliphatic carbocycles. The van der Waals surface area contributed by atoms with E-state index in [0.717, 1.165) is 30.2 Å². The lowest BCUT2D eigenvalue weighted by molar-refractivity contribution is 0.391. The molecule has 0 aliphatic heterocycles. The first-order valence-electron chi connectivity index (χ1n) is 8.29. The zero-order valence-electron chi connectivity index (χ0n) is 13.8. The van der Waals surface area contributed by atoms with Crippen LogP contribution in [0.15, 0.2) is 18.2 Å². The van der Waals surface area contributed by atoms with Crippen LogP contribution < -0.4 is 10.1 Å². The highest BCUT2D eigenvalue weighted by atomic mass is 35.5. The SMILES string of the molecule is CCCCCCCC(NCCC)c1cc(Cl)ccc1OC. The second kappa shape index (κ2) is 10.9. The third-order valence-electron chi connectivity index (χ3n) is 3.80. The van der Waals surface area contributed by atoms with E-state index in [1.54, 1.807) is 7.11 Å². The van der Waals surface area contributed by atoms with Gasteiger partial charge in [-0.2, -0.15) is 0 Å². The number of unbranched alkanes of at least 4 members (excludes halogenated alkanes) is 4. The molecule has 120 valence electrons. The molecule has 1 aromatic rings. The zero-order valence-corrected chi connectivity index (χ0v) is 14.5. The van der Waals surface area contributed by atoms with Crippen LogP contribution in [0.1, 0.15) is 70.4 Å². The van der Waals surface area contributed by atoms with Gasteiger partial charge in [0.05, 0.1) is 7.11 Å². The Balaban J connectivity index is 2.69. The maximum absolute atomic E-state index is 6.17. The van der Waals surface area contributed by atoms with E-state index >= 15 is 0 Å². The summed E-state index contributed by atoms with van der Waals surface area (Å²) in [6.07, 6.45) is 8.80. The summed E-state index contributed by atoms with van der Waals surface area (Å²) in [5.74, 6) is 0.932. The Morgan fingerprint density at radius 1 is 1.10 bits per heavy atom. The second-order valence-electron chi connectivity index (χ2n) is 5.60. The van der Waals surface area contributed by atoms with Crippen molar-refractivity contribution in [2.75, 3.05) is 13.7 Å². The fourth-order valence-electron chi connectivity index (χ4n) is 2.62. The van der Waals surface area contributed by atoms with Crippen LogP contribution >= 0.6 is 11.6 Å². The molecule has 0 aromatic heterocycles.